The van der Waals surface area contributed by atoms with Crippen molar-refractivity contribution in [1.82, 2.24) is 5.32 Å². The minimum Gasteiger partial charge on any atom is -0.355 e. The molecule has 0 spiro atoms. The highest BCUT2D eigenvalue weighted by molar-refractivity contribution is 5.83. The molecule has 0 aliphatic rings. The first-order chi connectivity index (χ1) is 13.3. The van der Waals surface area contributed by atoms with Gasteiger partial charge in [-0.25, -0.2) is 0 Å². The van der Waals surface area contributed by atoms with E-state index in [0.29, 0.717) is 5.92 Å². The molecule has 1 N–H and O–H groups in total. The molecule has 152 valence electrons. The highest BCUT2D eigenvalue weighted by Crippen LogP contribution is 2.18. The summed E-state index contributed by atoms with van der Waals surface area (Å²) < 4.78 is 0.923. The second kappa shape index (κ2) is 10.4. The summed E-state index contributed by atoms with van der Waals surface area (Å²) in [5, 5.41) is 3.12. The molecule has 0 unspecified atom stereocenters. The maximum Gasteiger partial charge on any atom is 0.227 e. The average Bonchev–Trinajstić information content (AvgIpc) is 2.65. The number of carbonyl (C=O) groups excluding carboxylic acids is 1. The van der Waals surface area contributed by atoms with Crippen molar-refractivity contribution in [2.75, 3.05) is 27.2 Å². The summed E-state index contributed by atoms with van der Waals surface area (Å²) in [6, 6.07) is 19.1. The van der Waals surface area contributed by atoms with Gasteiger partial charge in [0.05, 0.1) is 26.6 Å². The first-order valence-corrected chi connectivity index (χ1v) is 10.5. The lowest BCUT2D eigenvalue weighted by Gasteiger charge is -2.30. The lowest BCUT2D eigenvalue weighted by atomic mass is 9.96. The van der Waals surface area contributed by atoms with Crippen molar-refractivity contribution in [1.29, 1.82) is 0 Å². The smallest absolute Gasteiger partial charge is 0.227 e. The van der Waals surface area contributed by atoms with Gasteiger partial charge in [0, 0.05) is 18.5 Å². The number of rotatable bonds is 10. The van der Waals surface area contributed by atoms with E-state index >= 15 is 0 Å². The van der Waals surface area contributed by atoms with E-state index < -0.39 is 0 Å². The predicted molar refractivity (Wildman–Crippen MR) is 118 cm³/mol. The Balaban J connectivity index is 1.75. The van der Waals surface area contributed by atoms with Crippen molar-refractivity contribution in [3.05, 3.63) is 71.3 Å². The van der Waals surface area contributed by atoms with Crippen LogP contribution in [0.2, 0.25) is 0 Å². The van der Waals surface area contributed by atoms with Crippen LogP contribution in [0.25, 0.3) is 0 Å². The van der Waals surface area contributed by atoms with Gasteiger partial charge in [-0.2, -0.15) is 0 Å². The fourth-order valence-electron chi connectivity index (χ4n) is 3.59. The predicted octanol–water partition coefficient (Wildman–Crippen LogP) is 4.77. The maximum absolute atomic E-state index is 12.5. The van der Waals surface area contributed by atoms with E-state index in [1.54, 1.807) is 0 Å². The van der Waals surface area contributed by atoms with Crippen LogP contribution in [-0.2, 0) is 17.8 Å². The summed E-state index contributed by atoms with van der Waals surface area (Å²) >= 11 is 0. The minimum atomic E-state index is -0.111. The first kappa shape index (κ1) is 22.2. The number of carbonyl (C=O) groups is 1. The van der Waals surface area contributed by atoms with Crippen molar-refractivity contribution >= 4 is 5.91 Å². The average molecular weight is 382 g/mol. The van der Waals surface area contributed by atoms with Crippen LogP contribution in [0.4, 0.5) is 0 Å². The Hall–Kier alpha value is -2.13. The Morgan fingerprint density at radius 3 is 2.18 bits per heavy atom. The monoisotopic (exact) mass is 381 g/mol. The van der Waals surface area contributed by atoms with Crippen molar-refractivity contribution in [3.63, 3.8) is 0 Å². The third-order valence-electron chi connectivity index (χ3n) is 5.21. The van der Waals surface area contributed by atoms with Gasteiger partial charge in [0.25, 0.3) is 0 Å². The van der Waals surface area contributed by atoms with Crippen LogP contribution in [0.5, 0.6) is 0 Å². The van der Waals surface area contributed by atoms with Crippen LogP contribution in [0.15, 0.2) is 54.6 Å². The van der Waals surface area contributed by atoms with Crippen molar-refractivity contribution in [2.24, 2.45) is 5.92 Å². The number of hydrogen-bond acceptors (Lipinski definition) is 1. The molecule has 0 fully saturated rings. The highest BCUT2D eigenvalue weighted by Gasteiger charge is 2.17. The zero-order chi connectivity index (χ0) is 20.6. The molecule has 1 amide bonds. The van der Waals surface area contributed by atoms with Crippen LogP contribution in [0.3, 0.4) is 0 Å². The second-order valence-electron chi connectivity index (χ2n) is 9.01. The number of nitrogens with one attached hydrogen (secondary N) is 1. The van der Waals surface area contributed by atoms with E-state index in [1.165, 1.54) is 11.1 Å². The Labute approximate surface area is 171 Å². The fourth-order valence-corrected chi connectivity index (χ4v) is 3.59. The Morgan fingerprint density at radius 2 is 1.57 bits per heavy atom. The quantitative estimate of drug-likeness (QED) is 0.466. The Bertz CT molecular complexity index is 720. The molecule has 0 aliphatic carbocycles. The van der Waals surface area contributed by atoms with Gasteiger partial charge in [-0.1, -0.05) is 68.4 Å². The van der Waals surface area contributed by atoms with Gasteiger partial charge in [0.2, 0.25) is 5.91 Å². The van der Waals surface area contributed by atoms with Crippen LogP contribution in [0, 0.1) is 5.92 Å². The van der Waals surface area contributed by atoms with Crippen LogP contribution < -0.4 is 5.32 Å². The number of hydrogen-bond donors (Lipinski definition) is 1. The summed E-state index contributed by atoms with van der Waals surface area (Å²) in [4.78, 5) is 12.5. The van der Waals surface area contributed by atoms with E-state index in [2.05, 4.69) is 87.9 Å². The summed E-state index contributed by atoms with van der Waals surface area (Å²) in [6.07, 6.45) is 2.06. The van der Waals surface area contributed by atoms with Gasteiger partial charge < -0.3 is 9.80 Å². The summed E-state index contributed by atoms with van der Waals surface area (Å²) in [5.41, 5.74) is 3.78. The molecule has 28 heavy (non-hydrogen) atoms. The third-order valence-corrected chi connectivity index (χ3v) is 5.21. The van der Waals surface area contributed by atoms with Crippen LogP contribution >= 0.6 is 0 Å². The van der Waals surface area contributed by atoms with Crippen LogP contribution in [0.1, 0.15) is 49.8 Å². The van der Waals surface area contributed by atoms with Gasteiger partial charge in [-0.3, -0.25) is 4.79 Å². The molecule has 1 atom stereocenters. The van der Waals surface area contributed by atoms with E-state index in [1.807, 2.05) is 6.92 Å². The van der Waals surface area contributed by atoms with Gasteiger partial charge in [0.15, 0.2) is 0 Å². The molecule has 0 saturated carbocycles. The summed E-state index contributed by atoms with van der Waals surface area (Å²) in [5.74, 6) is 0.654. The standard InChI is InChI=1S/C25H36N2O/c1-20(2)18-22-12-14-24(15-13-22)21(3)25(28)26-16-9-17-27(4,5)19-23-10-7-6-8-11-23/h6-8,10-15,20-21H,9,16-19H2,1-5H3/p+1/t21-/m1/s1. The summed E-state index contributed by atoms with van der Waals surface area (Å²) in [6.45, 7) is 9.21. The molecule has 2 aromatic carbocycles. The van der Waals surface area contributed by atoms with Gasteiger partial charge >= 0.3 is 0 Å². The SMILES string of the molecule is CC(C)Cc1ccc([C@@H](C)C(=O)NCCC[N+](C)(C)Cc2ccccc2)cc1. The van der Waals surface area contributed by atoms with E-state index in [-0.39, 0.29) is 11.8 Å². The maximum atomic E-state index is 12.5. The molecule has 0 aliphatic heterocycles. The molecule has 0 radical (unpaired) electrons. The Kier molecular flexibility index (Phi) is 8.25. The highest BCUT2D eigenvalue weighted by atomic mass is 16.1. The van der Waals surface area contributed by atoms with Crippen molar-refractivity contribution in [2.45, 2.75) is 46.1 Å². The number of nitrogens with zero attached hydrogens (tertiary/aromatic N) is 1. The first-order valence-electron chi connectivity index (χ1n) is 10.5. The topological polar surface area (TPSA) is 29.1 Å². The Morgan fingerprint density at radius 1 is 0.929 bits per heavy atom. The van der Waals surface area contributed by atoms with Crippen molar-refractivity contribution in [3.8, 4) is 0 Å². The lowest BCUT2D eigenvalue weighted by molar-refractivity contribution is -0.903. The van der Waals surface area contributed by atoms with E-state index in [9.17, 15) is 4.79 Å². The van der Waals surface area contributed by atoms with Gasteiger partial charge in [-0.05, 0) is 30.4 Å². The zero-order valence-corrected chi connectivity index (χ0v) is 18.2. The molecule has 3 heteroatoms. The molecule has 3 nitrogen and oxygen atoms in total. The lowest BCUT2D eigenvalue weighted by Crippen LogP contribution is -2.41. The molecule has 2 aromatic rings. The normalized spacial score (nSPS) is 12.8. The molecule has 0 aromatic heterocycles. The summed E-state index contributed by atoms with van der Waals surface area (Å²) in [7, 11) is 4.49. The third kappa shape index (κ3) is 7.47. The molecule has 0 bridgehead atoms. The number of benzene rings is 2. The van der Waals surface area contributed by atoms with Gasteiger partial charge in [-0.15, -0.1) is 0 Å². The second-order valence-corrected chi connectivity index (χ2v) is 9.01. The zero-order valence-electron chi connectivity index (χ0n) is 18.2. The molecule has 0 heterocycles. The molecule has 2 rings (SSSR count). The van der Waals surface area contributed by atoms with Crippen molar-refractivity contribution < 1.29 is 9.28 Å². The minimum absolute atomic E-state index is 0.111. The molecule has 0 saturated heterocycles. The molecular weight excluding hydrogens is 344 g/mol. The van der Waals surface area contributed by atoms with Gasteiger partial charge in [0.1, 0.15) is 6.54 Å². The van der Waals surface area contributed by atoms with E-state index in [0.717, 1.165) is 42.5 Å². The largest absolute Gasteiger partial charge is 0.355 e. The fraction of sp³-hybridized carbons (Fsp3) is 0.480. The number of quaternary nitrogens is 1. The van der Waals surface area contributed by atoms with Crippen LogP contribution in [-0.4, -0.2) is 37.6 Å². The molecular formula is C25H37N2O+. The van der Waals surface area contributed by atoms with E-state index in [4.69, 9.17) is 0 Å². The number of amides is 1.